The van der Waals surface area contributed by atoms with E-state index >= 15 is 0 Å². The normalized spacial score (nSPS) is 50.8. The Morgan fingerprint density at radius 2 is 1.42 bits per heavy atom. The Balaban J connectivity index is 1.49. The molecule has 6 aliphatic carbocycles. The maximum atomic E-state index is 2.50. The van der Waals surface area contributed by atoms with E-state index in [-0.39, 0.29) is 7.92 Å². The zero-order valence-corrected chi connectivity index (χ0v) is 18.5. The van der Waals surface area contributed by atoms with Gasteiger partial charge in [-0.15, -0.1) is 0 Å². The Hall–Kier alpha value is 0.430. The van der Waals surface area contributed by atoms with E-state index in [9.17, 15) is 0 Å². The Bertz CT molecular complexity index is 475. The molecule has 6 rings (SSSR count). The molecule has 0 aromatic carbocycles. The van der Waals surface area contributed by atoms with Crippen molar-refractivity contribution in [3.05, 3.63) is 0 Å². The quantitative estimate of drug-likeness (QED) is 0.413. The van der Waals surface area contributed by atoms with E-state index in [1.807, 2.05) is 0 Å². The summed E-state index contributed by atoms with van der Waals surface area (Å²) in [6, 6.07) is 0. The lowest BCUT2D eigenvalue weighted by Crippen LogP contribution is -2.54. The molecule has 1 unspecified atom stereocenters. The molecule has 0 aliphatic heterocycles. The van der Waals surface area contributed by atoms with Gasteiger partial charge in [0.2, 0.25) is 0 Å². The summed E-state index contributed by atoms with van der Waals surface area (Å²) in [5.74, 6) is 5.63. The molecule has 0 nitrogen and oxygen atoms in total. The highest BCUT2D eigenvalue weighted by molar-refractivity contribution is 7.61. The van der Waals surface area contributed by atoms with Crippen LogP contribution in [0.1, 0.15) is 110 Å². The van der Waals surface area contributed by atoms with Crippen LogP contribution < -0.4 is 0 Å². The molecule has 0 saturated heterocycles. The molecule has 0 aromatic rings. The fourth-order valence-electron chi connectivity index (χ4n) is 9.30. The highest BCUT2D eigenvalue weighted by Crippen LogP contribution is 2.77. The van der Waals surface area contributed by atoms with Crippen molar-refractivity contribution in [1.29, 1.82) is 0 Å². The molecule has 0 N–H and O–H groups in total. The smallest absolute Gasteiger partial charge is 0.00815 e. The molecular weight excluding hydrogens is 331 g/mol. The van der Waals surface area contributed by atoms with Crippen LogP contribution >= 0.6 is 7.92 Å². The summed E-state index contributed by atoms with van der Waals surface area (Å²) in [7, 11) is 0.249. The average molecular weight is 375 g/mol. The monoisotopic (exact) mass is 374 g/mol. The van der Waals surface area contributed by atoms with Crippen molar-refractivity contribution in [3.8, 4) is 0 Å². The van der Waals surface area contributed by atoms with E-state index in [1.54, 1.807) is 83.2 Å². The molecule has 6 bridgehead atoms. The van der Waals surface area contributed by atoms with Crippen molar-refractivity contribution in [2.75, 3.05) is 6.16 Å². The van der Waals surface area contributed by atoms with Crippen molar-refractivity contribution < 1.29 is 0 Å². The molecule has 4 atom stereocenters. The van der Waals surface area contributed by atoms with Crippen LogP contribution in [0.5, 0.6) is 0 Å². The van der Waals surface area contributed by atoms with E-state index in [0.29, 0.717) is 0 Å². The third kappa shape index (κ3) is 3.04. The van der Waals surface area contributed by atoms with Gasteiger partial charge in [0.1, 0.15) is 0 Å². The maximum Gasteiger partial charge on any atom is -0.00815 e. The summed E-state index contributed by atoms with van der Waals surface area (Å²) in [5, 5.41) is 1.69. The van der Waals surface area contributed by atoms with Gasteiger partial charge in [-0.3, -0.25) is 0 Å². The predicted molar refractivity (Wildman–Crippen MR) is 115 cm³/mol. The highest BCUT2D eigenvalue weighted by atomic mass is 31.1. The summed E-state index contributed by atoms with van der Waals surface area (Å²) in [5.41, 5.74) is 0. The molecule has 6 saturated carbocycles. The third-order valence-electron chi connectivity index (χ3n) is 9.72. The van der Waals surface area contributed by atoms with Crippen molar-refractivity contribution >= 4 is 7.92 Å². The van der Waals surface area contributed by atoms with E-state index in [2.05, 4.69) is 13.8 Å². The van der Waals surface area contributed by atoms with Gasteiger partial charge in [0.15, 0.2) is 0 Å². The second-order valence-corrected chi connectivity index (χ2v) is 14.7. The zero-order chi connectivity index (χ0) is 17.8. The van der Waals surface area contributed by atoms with Crippen molar-refractivity contribution in [1.82, 2.24) is 0 Å². The van der Waals surface area contributed by atoms with Gasteiger partial charge in [-0.2, -0.15) is 0 Å². The lowest BCUT2D eigenvalue weighted by molar-refractivity contribution is 0.0325. The van der Waals surface area contributed by atoms with E-state index in [4.69, 9.17) is 0 Å². The third-order valence-corrected chi connectivity index (χ3v) is 13.9. The number of rotatable bonds is 6. The number of hydrogen-bond acceptors (Lipinski definition) is 0. The summed E-state index contributed by atoms with van der Waals surface area (Å²) < 4.78 is 0. The van der Waals surface area contributed by atoms with Gasteiger partial charge in [-0.25, -0.2) is 0 Å². The minimum absolute atomic E-state index is 0.249. The van der Waals surface area contributed by atoms with Crippen LogP contribution in [0.25, 0.3) is 0 Å². The number of hydrogen-bond donors (Lipinski definition) is 0. The van der Waals surface area contributed by atoms with Crippen molar-refractivity contribution in [2.45, 2.75) is 120 Å². The summed E-state index contributed by atoms with van der Waals surface area (Å²) in [4.78, 5) is 0. The summed E-state index contributed by atoms with van der Waals surface area (Å²) in [6.45, 7) is 4.95. The minimum Gasteiger partial charge on any atom is -0.0939 e. The second-order valence-electron chi connectivity index (χ2n) is 11.5. The van der Waals surface area contributed by atoms with Gasteiger partial charge in [0, 0.05) is 0 Å². The Kier molecular flexibility index (Phi) is 5.00. The molecule has 148 valence electrons. The minimum atomic E-state index is 0.249. The van der Waals surface area contributed by atoms with E-state index in [1.165, 1.54) is 19.3 Å². The fourth-order valence-corrected chi connectivity index (χ4v) is 14.7. The van der Waals surface area contributed by atoms with Crippen LogP contribution in [0.3, 0.4) is 0 Å². The van der Waals surface area contributed by atoms with Crippen LogP contribution in [0.4, 0.5) is 0 Å². The molecule has 1 heteroatoms. The van der Waals surface area contributed by atoms with Crippen LogP contribution in [0.15, 0.2) is 0 Å². The second kappa shape index (κ2) is 7.04. The Morgan fingerprint density at radius 3 is 2.04 bits per heavy atom. The lowest BCUT2D eigenvalue weighted by Gasteiger charge is -2.65. The molecule has 6 aliphatic rings. The van der Waals surface area contributed by atoms with Crippen LogP contribution in [0.2, 0.25) is 0 Å². The molecule has 0 aromatic heterocycles. The van der Waals surface area contributed by atoms with Crippen molar-refractivity contribution in [3.63, 3.8) is 0 Å². The van der Waals surface area contributed by atoms with E-state index < -0.39 is 0 Å². The van der Waals surface area contributed by atoms with Crippen LogP contribution in [0, 0.1) is 29.6 Å². The van der Waals surface area contributed by atoms with Crippen molar-refractivity contribution in [2.24, 2.45) is 29.6 Å². The highest BCUT2D eigenvalue weighted by Gasteiger charge is 2.59. The predicted octanol–water partition coefficient (Wildman–Crippen LogP) is 7.99. The van der Waals surface area contributed by atoms with Crippen LogP contribution in [-0.4, -0.2) is 16.5 Å². The molecule has 6 fully saturated rings. The first-order valence-corrected chi connectivity index (χ1v) is 13.9. The Labute approximate surface area is 164 Å². The molecule has 0 amide bonds. The van der Waals surface area contributed by atoms with Gasteiger partial charge in [0.25, 0.3) is 0 Å². The first-order chi connectivity index (χ1) is 12.6. The van der Waals surface area contributed by atoms with Crippen LogP contribution in [-0.2, 0) is 0 Å². The van der Waals surface area contributed by atoms with Gasteiger partial charge in [0.05, 0.1) is 0 Å². The molecule has 26 heavy (non-hydrogen) atoms. The summed E-state index contributed by atoms with van der Waals surface area (Å²) in [6.07, 6.45) is 25.7. The fraction of sp³-hybridized carbons (Fsp3) is 1.00. The van der Waals surface area contributed by atoms with E-state index in [0.717, 1.165) is 39.9 Å². The summed E-state index contributed by atoms with van der Waals surface area (Å²) >= 11 is 0. The molecular formula is C25H43P. The number of unbranched alkanes of at least 4 members (excludes halogenated alkanes) is 1. The van der Waals surface area contributed by atoms with Gasteiger partial charge >= 0.3 is 0 Å². The topological polar surface area (TPSA) is 0 Å². The largest absolute Gasteiger partial charge is 0.0939 e. The first kappa shape index (κ1) is 18.5. The van der Waals surface area contributed by atoms with Gasteiger partial charge in [-0.05, 0) is 117 Å². The lowest BCUT2D eigenvalue weighted by atomic mass is 9.56. The van der Waals surface area contributed by atoms with Gasteiger partial charge in [-0.1, -0.05) is 47.5 Å². The Morgan fingerprint density at radius 1 is 0.769 bits per heavy atom. The number of fused-ring (bicyclic) bond motifs is 2. The van der Waals surface area contributed by atoms with Gasteiger partial charge < -0.3 is 0 Å². The molecule has 0 spiro atoms. The molecule has 0 radical (unpaired) electrons. The SMILES string of the molecule is CCCCP([C@@]12CCC[C@@H](C[C@@H](CC)C1)C2)[C@]12C[C@H]3C[C@H](C[C@H](C3)C1)C2. The zero-order valence-electron chi connectivity index (χ0n) is 17.6. The average Bonchev–Trinajstić information content (AvgIpc) is 2.60. The standard InChI is InChI=1S/C25H43P/c1-3-5-9-26(24-8-6-7-20(15-24)10-19(4-2)14-24)25-16-21-11-22(17-25)13-23(12-21)18-25/h19-23H,3-18H2,1-2H3/t19-,20+,21-,22+,23-,24+,25-,26?/m1/s1. The molecule has 0 heterocycles. The maximum absolute atomic E-state index is 2.50. The first-order valence-electron chi connectivity index (χ1n) is 12.4.